The van der Waals surface area contributed by atoms with Crippen molar-refractivity contribution in [1.82, 2.24) is 0 Å². The second-order valence-corrected chi connectivity index (χ2v) is 16.8. The molecule has 0 saturated heterocycles. The van der Waals surface area contributed by atoms with E-state index in [-0.39, 0.29) is 38.0 Å². The number of rotatable bonds is 45. The van der Waals surface area contributed by atoms with Crippen molar-refractivity contribution in [3.63, 3.8) is 0 Å². The Morgan fingerprint density at radius 1 is 0.319 bits per heavy atom. The first-order chi connectivity index (χ1) is 34.0. The third-order valence-corrected chi connectivity index (χ3v) is 10.3. The Hall–Kier alpha value is -5.23. The summed E-state index contributed by atoms with van der Waals surface area (Å²) < 4.78 is 16.7. The van der Waals surface area contributed by atoms with Crippen molar-refractivity contribution in [2.24, 2.45) is 0 Å². The highest BCUT2D eigenvalue weighted by molar-refractivity contribution is 5.71. The van der Waals surface area contributed by atoms with E-state index in [0.29, 0.717) is 19.3 Å². The maximum absolute atomic E-state index is 12.8. The third kappa shape index (κ3) is 53.6. The summed E-state index contributed by atoms with van der Waals surface area (Å²) in [6, 6.07) is 0. The molecule has 0 aromatic rings. The average molecular weight is 947 g/mol. The van der Waals surface area contributed by atoms with Crippen LogP contribution in [0.2, 0.25) is 0 Å². The standard InChI is InChI=1S/C63H94O6/c1-4-7-10-13-16-19-22-25-28-30-31-33-35-38-41-44-47-50-53-56-62(65)68-59-60(58-67-61(64)55-52-49-46-43-40-37-34-27-24-21-18-15-12-9-6-3)69-63(66)57-54-51-48-45-42-39-36-32-29-26-23-20-17-14-11-8-5-2/h7,9-10,12,15-21,24-29,31,33-34,36,38-39,41,45,47-48,50,60H,4-6,8,11,13-14,22-23,30,32,35,37,40,42-44,46,49,51-59H2,1-3H3/b10-7-,12-9-,18-15-,19-16-,20-17-,24-21-,28-25-,29-26-,33-31-,34-27-,39-36-,41-38-,48-45-,50-47-. The molecule has 0 N–H and O–H groups in total. The van der Waals surface area contributed by atoms with Gasteiger partial charge in [-0.15, -0.1) is 0 Å². The first-order valence-corrected chi connectivity index (χ1v) is 26.7. The summed E-state index contributed by atoms with van der Waals surface area (Å²) in [5.41, 5.74) is 0. The maximum Gasteiger partial charge on any atom is 0.306 e. The van der Waals surface area contributed by atoms with Gasteiger partial charge in [0.05, 0.1) is 0 Å². The topological polar surface area (TPSA) is 78.9 Å². The largest absolute Gasteiger partial charge is 0.462 e. The Kier molecular flexibility index (Phi) is 51.2. The van der Waals surface area contributed by atoms with Crippen LogP contribution in [0.4, 0.5) is 0 Å². The lowest BCUT2D eigenvalue weighted by molar-refractivity contribution is -0.166. The zero-order valence-electron chi connectivity index (χ0n) is 43.5. The molecule has 69 heavy (non-hydrogen) atoms. The Balaban J connectivity index is 4.67. The van der Waals surface area contributed by atoms with E-state index in [0.717, 1.165) is 109 Å². The van der Waals surface area contributed by atoms with Crippen LogP contribution in [0.15, 0.2) is 170 Å². The van der Waals surface area contributed by atoms with Gasteiger partial charge >= 0.3 is 17.9 Å². The van der Waals surface area contributed by atoms with Crippen molar-refractivity contribution in [3.05, 3.63) is 170 Å². The summed E-state index contributed by atoms with van der Waals surface area (Å²) in [5.74, 6) is -1.12. The second kappa shape index (κ2) is 55.4. The zero-order chi connectivity index (χ0) is 50.0. The predicted molar refractivity (Wildman–Crippen MR) is 297 cm³/mol. The van der Waals surface area contributed by atoms with E-state index in [2.05, 4.69) is 154 Å². The van der Waals surface area contributed by atoms with Crippen LogP contribution in [0.1, 0.15) is 188 Å². The van der Waals surface area contributed by atoms with Crippen LogP contribution in [0.25, 0.3) is 0 Å². The van der Waals surface area contributed by atoms with Crippen LogP contribution in [-0.2, 0) is 28.6 Å². The highest BCUT2D eigenvalue weighted by Gasteiger charge is 2.19. The number of unbranched alkanes of at least 4 members (excludes halogenated alkanes) is 9. The van der Waals surface area contributed by atoms with Crippen LogP contribution < -0.4 is 0 Å². The van der Waals surface area contributed by atoms with E-state index in [1.165, 1.54) is 25.7 Å². The number of ether oxygens (including phenoxy) is 3. The maximum atomic E-state index is 12.8. The number of hydrogen-bond donors (Lipinski definition) is 0. The van der Waals surface area contributed by atoms with Gasteiger partial charge in [-0.1, -0.05) is 223 Å². The molecule has 0 aliphatic heterocycles. The molecule has 382 valence electrons. The number of hydrogen-bond acceptors (Lipinski definition) is 6. The van der Waals surface area contributed by atoms with Gasteiger partial charge in [0.1, 0.15) is 13.2 Å². The van der Waals surface area contributed by atoms with Gasteiger partial charge in [0.2, 0.25) is 0 Å². The normalized spacial score (nSPS) is 13.5. The summed E-state index contributed by atoms with van der Waals surface area (Å²) in [4.78, 5) is 38.0. The van der Waals surface area contributed by atoms with Crippen LogP contribution in [-0.4, -0.2) is 37.2 Å². The summed E-state index contributed by atoms with van der Waals surface area (Å²) in [6.45, 7) is 6.19. The number of allylic oxidation sites excluding steroid dienone is 28. The minimum atomic E-state index is -0.857. The molecule has 0 aliphatic rings. The van der Waals surface area contributed by atoms with Gasteiger partial charge in [0, 0.05) is 19.3 Å². The zero-order valence-corrected chi connectivity index (χ0v) is 43.5. The van der Waals surface area contributed by atoms with Gasteiger partial charge in [-0.3, -0.25) is 14.4 Å². The van der Waals surface area contributed by atoms with E-state index < -0.39 is 12.1 Å². The fourth-order valence-electron chi connectivity index (χ4n) is 6.35. The molecule has 0 radical (unpaired) electrons. The van der Waals surface area contributed by atoms with Crippen molar-refractivity contribution in [2.75, 3.05) is 13.2 Å². The van der Waals surface area contributed by atoms with E-state index >= 15 is 0 Å². The van der Waals surface area contributed by atoms with Gasteiger partial charge in [-0.25, -0.2) is 0 Å². The van der Waals surface area contributed by atoms with E-state index in [1.807, 2.05) is 36.5 Å². The summed E-state index contributed by atoms with van der Waals surface area (Å²) >= 11 is 0. The molecule has 0 fully saturated rings. The highest BCUT2D eigenvalue weighted by Crippen LogP contribution is 2.11. The molecule has 1 atom stereocenters. The molecule has 0 amide bonds. The molecular formula is C63H94O6. The number of carbonyl (C=O) groups excluding carboxylic acids is 3. The number of carbonyl (C=O) groups is 3. The molecule has 0 heterocycles. The Morgan fingerprint density at radius 2 is 0.681 bits per heavy atom. The van der Waals surface area contributed by atoms with Gasteiger partial charge < -0.3 is 14.2 Å². The van der Waals surface area contributed by atoms with Crippen LogP contribution in [0.5, 0.6) is 0 Å². The van der Waals surface area contributed by atoms with E-state index in [1.54, 1.807) is 0 Å². The minimum absolute atomic E-state index is 0.145. The first-order valence-electron chi connectivity index (χ1n) is 26.7. The van der Waals surface area contributed by atoms with Crippen LogP contribution in [0, 0.1) is 0 Å². The molecule has 0 saturated carbocycles. The molecule has 1 unspecified atom stereocenters. The van der Waals surface area contributed by atoms with Gasteiger partial charge in [0.15, 0.2) is 6.10 Å². The predicted octanol–water partition coefficient (Wildman–Crippen LogP) is 18.0. The quantitative estimate of drug-likeness (QED) is 0.0199. The molecule has 0 aromatic carbocycles. The Morgan fingerprint density at radius 3 is 1.19 bits per heavy atom. The van der Waals surface area contributed by atoms with Gasteiger partial charge in [-0.05, 0) is 116 Å². The smallest absolute Gasteiger partial charge is 0.306 e. The molecule has 0 aliphatic carbocycles. The molecule has 6 heteroatoms. The third-order valence-electron chi connectivity index (χ3n) is 10.3. The fraction of sp³-hybridized carbons (Fsp3) is 0.508. The van der Waals surface area contributed by atoms with Crippen LogP contribution >= 0.6 is 0 Å². The lowest BCUT2D eigenvalue weighted by Crippen LogP contribution is -2.30. The second-order valence-electron chi connectivity index (χ2n) is 16.8. The fourth-order valence-corrected chi connectivity index (χ4v) is 6.35. The highest BCUT2D eigenvalue weighted by atomic mass is 16.6. The Labute approximate surface area is 422 Å². The molecule has 0 rings (SSSR count). The average Bonchev–Trinajstić information content (AvgIpc) is 3.35. The molecule has 0 spiro atoms. The molecule has 6 nitrogen and oxygen atoms in total. The minimum Gasteiger partial charge on any atom is -0.462 e. The Bertz CT molecular complexity index is 1650. The van der Waals surface area contributed by atoms with Crippen molar-refractivity contribution in [1.29, 1.82) is 0 Å². The van der Waals surface area contributed by atoms with E-state index in [4.69, 9.17) is 14.2 Å². The summed E-state index contributed by atoms with van der Waals surface area (Å²) in [5, 5.41) is 0. The van der Waals surface area contributed by atoms with Crippen molar-refractivity contribution < 1.29 is 28.6 Å². The van der Waals surface area contributed by atoms with Crippen LogP contribution in [0.3, 0.4) is 0 Å². The van der Waals surface area contributed by atoms with Gasteiger partial charge in [0.25, 0.3) is 0 Å². The lowest BCUT2D eigenvalue weighted by Gasteiger charge is -2.18. The van der Waals surface area contributed by atoms with Crippen molar-refractivity contribution in [2.45, 2.75) is 194 Å². The monoisotopic (exact) mass is 947 g/mol. The molecular weight excluding hydrogens is 853 g/mol. The summed E-state index contributed by atoms with van der Waals surface area (Å²) in [7, 11) is 0. The lowest BCUT2D eigenvalue weighted by atomic mass is 10.1. The number of esters is 3. The van der Waals surface area contributed by atoms with Crippen molar-refractivity contribution >= 4 is 17.9 Å². The first kappa shape index (κ1) is 63.8. The molecule has 0 aromatic heterocycles. The van der Waals surface area contributed by atoms with Gasteiger partial charge in [-0.2, -0.15) is 0 Å². The molecule has 0 bridgehead atoms. The van der Waals surface area contributed by atoms with E-state index in [9.17, 15) is 14.4 Å². The SMILES string of the molecule is CC\C=C/C=C\C=C/C=C\CCCCCCCC(=O)OCC(COC(=O)CC/C=C\C/C=C\C/C=C\C/C=C\C/C=C\C/C=C\CC)OC(=O)CCC/C=C\C/C=C\C/C=C\C/C=C\CCCCC. The van der Waals surface area contributed by atoms with Crippen molar-refractivity contribution in [3.8, 4) is 0 Å². The summed E-state index contributed by atoms with van der Waals surface area (Å²) in [6.07, 6.45) is 82.1.